The molecule has 1 aliphatic carbocycles. The number of aliphatic carboxylic acids is 1. The first kappa shape index (κ1) is 22.3. The number of aromatic amines is 1. The predicted molar refractivity (Wildman–Crippen MR) is 128 cm³/mol. The summed E-state index contributed by atoms with van der Waals surface area (Å²) in [6.07, 6.45) is 2.47. The van der Waals surface area contributed by atoms with Crippen LogP contribution in [0.2, 0.25) is 5.02 Å². The van der Waals surface area contributed by atoms with Crippen molar-refractivity contribution in [3.05, 3.63) is 64.9 Å². The van der Waals surface area contributed by atoms with Gasteiger partial charge in [-0.1, -0.05) is 41.9 Å². The van der Waals surface area contributed by atoms with Crippen LogP contribution in [0, 0.1) is 18.7 Å². The lowest BCUT2D eigenvalue weighted by Gasteiger charge is -2.25. The number of hydrogen-bond acceptors (Lipinski definition) is 4. The van der Waals surface area contributed by atoms with Gasteiger partial charge in [-0.05, 0) is 67.5 Å². The summed E-state index contributed by atoms with van der Waals surface area (Å²) in [6.45, 7) is 1.75. The summed E-state index contributed by atoms with van der Waals surface area (Å²) in [4.78, 5) is 23.4. The normalized spacial score (nSPS) is 18.2. The minimum atomic E-state index is -0.741. The highest BCUT2D eigenvalue weighted by molar-refractivity contribution is 6.33. The molecule has 0 spiro atoms. The quantitative estimate of drug-likeness (QED) is 0.345. The number of ether oxygens (including phenoxy) is 1. The summed E-state index contributed by atoms with van der Waals surface area (Å²) in [7, 11) is 0. The summed E-state index contributed by atoms with van der Waals surface area (Å²) in [6, 6.07) is 14.9. The molecule has 0 atom stereocenters. The number of nitrogens with zero attached hydrogens (tertiary/aromatic N) is 2. The smallest absolute Gasteiger partial charge is 0.306 e. The van der Waals surface area contributed by atoms with Crippen molar-refractivity contribution in [3.63, 3.8) is 0 Å². The van der Waals surface area contributed by atoms with E-state index in [0.717, 1.165) is 16.7 Å². The van der Waals surface area contributed by atoms with Crippen molar-refractivity contribution >= 4 is 28.7 Å². The van der Waals surface area contributed by atoms with E-state index < -0.39 is 5.97 Å². The fourth-order valence-corrected chi connectivity index (χ4v) is 4.64. The van der Waals surface area contributed by atoms with Crippen LogP contribution in [-0.4, -0.2) is 32.1 Å². The van der Waals surface area contributed by atoms with Crippen LogP contribution in [0.1, 0.15) is 31.2 Å². The lowest BCUT2D eigenvalue weighted by atomic mass is 9.87. The largest absolute Gasteiger partial charge is 0.481 e. The van der Waals surface area contributed by atoms with Gasteiger partial charge in [0.05, 0.1) is 16.6 Å². The standard InChI is InChI=1S/C26H23ClFN3O3/c1-14-12-18(8-11-21(14)28)15-2-4-16(5-3-15)23-20(27)13-22-24(30-23)31-26(29-22)34-19-9-6-17(7-10-19)25(32)33/h2-5,8,11-13,17,19H,6-7,9-10H2,1H3,(H,32,33)(H,29,30,31)/t17-,19-. The Morgan fingerprint density at radius 2 is 1.71 bits per heavy atom. The molecule has 0 amide bonds. The summed E-state index contributed by atoms with van der Waals surface area (Å²) in [5, 5.41) is 9.63. The number of benzene rings is 2. The second-order valence-electron chi connectivity index (χ2n) is 8.70. The summed E-state index contributed by atoms with van der Waals surface area (Å²) >= 11 is 6.53. The fraction of sp³-hybridized carbons (Fsp3) is 0.269. The van der Waals surface area contributed by atoms with Crippen LogP contribution in [0.4, 0.5) is 4.39 Å². The molecule has 4 aromatic rings. The third kappa shape index (κ3) is 4.48. The van der Waals surface area contributed by atoms with Gasteiger partial charge in [-0.3, -0.25) is 9.78 Å². The molecule has 6 nitrogen and oxygen atoms in total. The maximum Gasteiger partial charge on any atom is 0.306 e. The van der Waals surface area contributed by atoms with Gasteiger partial charge in [0.25, 0.3) is 6.01 Å². The highest BCUT2D eigenvalue weighted by atomic mass is 35.5. The third-order valence-corrected chi connectivity index (χ3v) is 6.64. The number of carboxylic acids is 1. The SMILES string of the molecule is Cc1cc(-c2ccc(-c3nc4[nH]c(O[C@H]5CC[C@H](C(=O)O)CC5)nc4cc3Cl)cc2)ccc1F. The number of carbonyl (C=O) groups is 1. The Morgan fingerprint density at radius 1 is 1.03 bits per heavy atom. The number of aromatic nitrogens is 3. The number of fused-ring (bicyclic) bond motifs is 1. The van der Waals surface area contributed by atoms with Crippen molar-refractivity contribution in [3.8, 4) is 28.4 Å². The van der Waals surface area contributed by atoms with Crippen molar-refractivity contribution < 1.29 is 19.0 Å². The monoisotopic (exact) mass is 479 g/mol. The topological polar surface area (TPSA) is 88.1 Å². The first-order valence-electron chi connectivity index (χ1n) is 11.2. The van der Waals surface area contributed by atoms with Crippen LogP contribution in [0.3, 0.4) is 0 Å². The van der Waals surface area contributed by atoms with Crippen LogP contribution in [0.15, 0.2) is 48.5 Å². The van der Waals surface area contributed by atoms with E-state index in [9.17, 15) is 9.18 Å². The number of H-pyrrole nitrogens is 1. The Kier molecular flexibility index (Phi) is 5.96. The van der Waals surface area contributed by atoms with Crippen molar-refractivity contribution in [2.24, 2.45) is 5.92 Å². The summed E-state index contributed by atoms with van der Waals surface area (Å²) in [5.41, 5.74) is 5.13. The Bertz CT molecular complexity index is 1360. The molecule has 2 aromatic carbocycles. The third-order valence-electron chi connectivity index (χ3n) is 6.35. The van der Waals surface area contributed by atoms with Crippen LogP contribution in [0.25, 0.3) is 33.5 Å². The average Bonchev–Trinajstić information content (AvgIpc) is 3.21. The zero-order chi connectivity index (χ0) is 23.8. The molecule has 8 heteroatoms. The van der Waals surface area contributed by atoms with Crippen LogP contribution in [0.5, 0.6) is 6.01 Å². The summed E-state index contributed by atoms with van der Waals surface area (Å²) in [5.74, 6) is -1.26. The van der Waals surface area contributed by atoms with Gasteiger partial charge in [0.2, 0.25) is 0 Å². The van der Waals surface area contributed by atoms with Gasteiger partial charge in [-0.2, -0.15) is 4.98 Å². The molecule has 0 radical (unpaired) electrons. The van der Waals surface area contributed by atoms with Crippen LogP contribution >= 0.6 is 11.6 Å². The number of carboxylic acid groups (broad SMARTS) is 1. The van der Waals surface area contributed by atoms with Gasteiger partial charge >= 0.3 is 5.97 Å². The van der Waals surface area contributed by atoms with E-state index in [-0.39, 0.29) is 17.8 Å². The number of nitrogens with one attached hydrogen (secondary N) is 1. The fourth-order valence-electron chi connectivity index (χ4n) is 4.38. The van der Waals surface area contributed by atoms with Gasteiger partial charge in [0.15, 0.2) is 5.65 Å². The summed E-state index contributed by atoms with van der Waals surface area (Å²) < 4.78 is 19.6. The molecule has 2 aromatic heterocycles. The Labute approximate surface area is 200 Å². The molecule has 0 bridgehead atoms. The van der Waals surface area contributed by atoms with Crippen molar-refractivity contribution in [2.45, 2.75) is 38.7 Å². The molecule has 1 aliphatic rings. The highest BCUT2D eigenvalue weighted by Gasteiger charge is 2.27. The van der Waals surface area contributed by atoms with Crippen molar-refractivity contribution in [1.29, 1.82) is 0 Å². The van der Waals surface area contributed by atoms with E-state index in [2.05, 4.69) is 15.0 Å². The van der Waals surface area contributed by atoms with E-state index in [1.165, 1.54) is 6.07 Å². The molecule has 0 unspecified atom stereocenters. The zero-order valence-corrected chi connectivity index (χ0v) is 19.3. The zero-order valence-electron chi connectivity index (χ0n) is 18.5. The average molecular weight is 480 g/mol. The lowest BCUT2D eigenvalue weighted by molar-refractivity contribution is -0.143. The Balaban J connectivity index is 1.35. The molecular formula is C26H23ClFN3O3. The Hall–Kier alpha value is -3.45. The maximum absolute atomic E-state index is 13.6. The number of imidazole rings is 1. The molecule has 34 heavy (non-hydrogen) atoms. The van der Waals surface area contributed by atoms with Gasteiger partial charge in [0, 0.05) is 5.56 Å². The van der Waals surface area contributed by atoms with Crippen molar-refractivity contribution in [1.82, 2.24) is 15.0 Å². The number of halogens is 2. The van der Waals surface area contributed by atoms with Crippen LogP contribution in [-0.2, 0) is 4.79 Å². The van der Waals surface area contributed by atoms with Crippen molar-refractivity contribution in [2.75, 3.05) is 0 Å². The lowest BCUT2D eigenvalue weighted by Crippen LogP contribution is -2.28. The molecular weight excluding hydrogens is 457 g/mol. The molecule has 1 saturated carbocycles. The number of pyridine rings is 1. The molecule has 2 heterocycles. The minimum absolute atomic E-state index is 0.0752. The molecule has 0 saturated heterocycles. The van der Waals surface area contributed by atoms with E-state index in [1.54, 1.807) is 19.1 Å². The minimum Gasteiger partial charge on any atom is -0.481 e. The van der Waals surface area contributed by atoms with Gasteiger partial charge < -0.3 is 9.84 Å². The first-order valence-corrected chi connectivity index (χ1v) is 11.6. The molecule has 5 rings (SSSR count). The first-order chi connectivity index (χ1) is 16.4. The number of rotatable bonds is 5. The molecule has 174 valence electrons. The Morgan fingerprint density at radius 3 is 2.38 bits per heavy atom. The van der Waals surface area contributed by atoms with Crippen LogP contribution < -0.4 is 4.74 Å². The molecule has 2 N–H and O–H groups in total. The van der Waals surface area contributed by atoms with E-state index >= 15 is 0 Å². The van der Waals surface area contributed by atoms with E-state index in [4.69, 9.17) is 21.4 Å². The molecule has 0 aliphatic heterocycles. The van der Waals surface area contributed by atoms with Gasteiger partial charge in [-0.25, -0.2) is 9.37 Å². The molecule has 1 fully saturated rings. The van der Waals surface area contributed by atoms with E-state index in [1.807, 2.05) is 30.3 Å². The maximum atomic E-state index is 13.6. The number of hydrogen-bond donors (Lipinski definition) is 2. The van der Waals surface area contributed by atoms with E-state index in [0.29, 0.717) is 59.1 Å². The van der Waals surface area contributed by atoms with Gasteiger partial charge in [-0.15, -0.1) is 0 Å². The number of aryl methyl sites for hydroxylation is 1. The second-order valence-corrected chi connectivity index (χ2v) is 9.11. The highest BCUT2D eigenvalue weighted by Crippen LogP contribution is 2.32. The second kappa shape index (κ2) is 9.06. The predicted octanol–water partition coefficient (Wildman–Crippen LogP) is 6.42. The van der Waals surface area contributed by atoms with Gasteiger partial charge in [0.1, 0.15) is 17.4 Å².